The molecule has 0 aromatic heterocycles. The van der Waals surface area contributed by atoms with Gasteiger partial charge < -0.3 is 4.90 Å². The van der Waals surface area contributed by atoms with E-state index in [0.29, 0.717) is 6.42 Å². The Bertz CT molecular complexity index is 390. The van der Waals surface area contributed by atoms with Crippen molar-refractivity contribution < 1.29 is 4.79 Å². The normalized spacial score (nSPS) is 16.5. The molecule has 1 heterocycles. The first-order valence-corrected chi connectivity index (χ1v) is 5.36. The van der Waals surface area contributed by atoms with Crippen LogP contribution < -0.4 is 0 Å². The van der Waals surface area contributed by atoms with Crippen molar-refractivity contribution in [2.24, 2.45) is 0 Å². The van der Waals surface area contributed by atoms with Gasteiger partial charge in [-0.2, -0.15) is 0 Å². The number of fused-ring (bicyclic) bond motifs is 1. The summed E-state index contributed by atoms with van der Waals surface area (Å²) in [5, 5.41) is 0. The zero-order valence-corrected chi connectivity index (χ0v) is 9.58. The average molecular weight is 203 g/mol. The number of rotatable bonds is 0. The van der Waals surface area contributed by atoms with E-state index >= 15 is 0 Å². The molecule has 80 valence electrons. The van der Waals surface area contributed by atoms with Gasteiger partial charge in [0.1, 0.15) is 0 Å². The van der Waals surface area contributed by atoms with E-state index in [1.807, 2.05) is 23.1 Å². The van der Waals surface area contributed by atoms with E-state index < -0.39 is 0 Å². The van der Waals surface area contributed by atoms with Gasteiger partial charge >= 0.3 is 0 Å². The summed E-state index contributed by atoms with van der Waals surface area (Å²) in [5.41, 5.74) is 2.39. The Morgan fingerprint density at radius 1 is 1.13 bits per heavy atom. The maximum absolute atomic E-state index is 11.9. The van der Waals surface area contributed by atoms with Crippen molar-refractivity contribution in [3.8, 4) is 0 Å². The van der Waals surface area contributed by atoms with Gasteiger partial charge in [-0.15, -0.1) is 0 Å². The number of carbonyl (C=O) groups excluding carboxylic acids is 1. The van der Waals surface area contributed by atoms with Crippen LogP contribution in [0.3, 0.4) is 0 Å². The van der Waals surface area contributed by atoms with E-state index in [1.54, 1.807) is 0 Å². The van der Waals surface area contributed by atoms with E-state index in [2.05, 4.69) is 26.8 Å². The smallest absolute Gasteiger partial charge is 0.227 e. The Morgan fingerprint density at radius 3 is 2.33 bits per heavy atom. The van der Waals surface area contributed by atoms with Crippen LogP contribution in [0, 0.1) is 0 Å². The van der Waals surface area contributed by atoms with Crippen molar-refractivity contribution in [3.63, 3.8) is 0 Å². The van der Waals surface area contributed by atoms with Gasteiger partial charge in [0.15, 0.2) is 0 Å². The van der Waals surface area contributed by atoms with Crippen molar-refractivity contribution in [2.45, 2.75) is 39.3 Å². The van der Waals surface area contributed by atoms with Gasteiger partial charge in [0.25, 0.3) is 0 Å². The van der Waals surface area contributed by atoms with Crippen molar-refractivity contribution in [2.75, 3.05) is 0 Å². The molecular formula is C13H17NO. The molecule has 1 aliphatic rings. The Labute approximate surface area is 90.9 Å². The number of hydrogen-bond acceptors (Lipinski definition) is 1. The third-order valence-electron chi connectivity index (χ3n) is 2.90. The van der Waals surface area contributed by atoms with Gasteiger partial charge in [-0.1, -0.05) is 24.3 Å². The van der Waals surface area contributed by atoms with E-state index in [1.165, 1.54) is 11.1 Å². The molecule has 1 aromatic carbocycles. The monoisotopic (exact) mass is 203 g/mol. The fourth-order valence-electron chi connectivity index (χ4n) is 2.01. The van der Waals surface area contributed by atoms with E-state index in [9.17, 15) is 4.79 Å². The molecule has 0 atom stereocenters. The van der Waals surface area contributed by atoms with Gasteiger partial charge in [0.2, 0.25) is 5.91 Å². The van der Waals surface area contributed by atoms with Crippen LogP contribution in [-0.4, -0.2) is 16.3 Å². The first kappa shape index (κ1) is 10.2. The lowest BCUT2D eigenvalue weighted by atomic mass is 9.95. The summed E-state index contributed by atoms with van der Waals surface area (Å²) in [6.45, 7) is 7.00. The molecule has 0 saturated carbocycles. The summed E-state index contributed by atoms with van der Waals surface area (Å²) in [7, 11) is 0. The Morgan fingerprint density at radius 2 is 1.73 bits per heavy atom. The minimum absolute atomic E-state index is 0.0788. The topological polar surface area (TPSA) is 20.3 Å². The molecule has 1 amide bonds. The number of amides is 1. The number of nitrogens with zero attached hydrogens (tertiary/aromatic N) is 1. The van der Waals surface area contributed by atoms with Gasteiger partial charge in [-0.25, -0.2) is 0 Å². The molecule has 0 saturated heterocycles. The molecule has 1 aliphatic heterocycles. The molecule has 2 heteroatoms. The molecule has 15 heavy (non-hydrogen) atoms. The molecule has 2 rings (SSSR count). The fourth-order valence-corrected chi connectivity index (χ4v) is 2.01. The molecule has 1 aromatic rings. The van der Waals surface area contributed by atoms with Crippen LogP contribution in [0.15, 0.2) is 24.3 Å². The molecular weight excluding hydrogens is 186 g/mol. The first-order chi connectivity index (χ1) is 6.98. The minimum atomic E-state index is -0.0788. The summed E-state index contributed by atoms with van der Waals surface area (Å²) >= 11 is 0. The summed E-state index contributed by atoms with van der Waals surface area (Å²) in [5.74, 6) is 0.237. The highest BCUT2D eigenvalue weighted by Crippen LogP contribution is 2.25. The van der Waals surface area contributed by atoms with Crippen LogP contribution in [-0.2, 0) is 17.8 Å². The number of carbonyl (C=O) groups is 1. The Kier molecular flexibility index (Phi) is 2.29. The van der Waals surface area contributed by atoms with Crippen molar-refractivity contribution in [1.82, 2.24) is 4.90 Å². The van der Waals surface area contributed by atoms with Crippen LogP contribution in [0.2, 0.25) is 0 Å². The standard InChI is InChI=1S/C13H17NO/c1-13(2,3)14-9-11-7-5-4-6-10(11)8-12(14)15/h4-7H,8-9H2,1-3H3. The second-order valence-corrected chi connectivity index (χ2v) is 5.10. The minimum Gasteiger partial charge on any atom is -0.333 e. The Balaban J connectivity index is 2.34. The number of hydrogen-bond donors (Lipinski definition) is 0. The van der Waals surface area contributed by atoms with Crippen molar-refractivity contribution in [3.05, 3.63) is 35.4 Å². The first-order valence-electron chi connectivity index (χ1n) is 5.36. The molecule has 0 spiro atoms. The molecule has 0 radical (unpaired) electrons. The van der Waals surface area contributed by atoms with Crippen LogP contribution in [0.25, 0.3) is 0 Å². The molecule has 0 unspecified atom stereocenters. The highest BCUT2D eigenvalue weighted by Gasteiger charge is 2.30. The quantitative estimate of drug-likeness (QED) is 0.634. The third-order valence-corrected chi connectivity index (χ3v) is 2.90. The average Bonchev–Trinajstić information content (AvgIpc) is 2.15. The lowest BCUT2D eigenvalue weighted by molar-refractivity contribution is -0.137. The SMILES string of the molecule is CC(C)(C)N1Cc2ccccc2CC1=O. The highest BCUT2D eigenvalue weighted by molar-refractivity contribution is 5.81. The zero-order valence-electron chi connectivity index (χ0n) is 9.58. The van der Waals surface area contributed by atoms with Crippen molar-refractivity contribution >= 4 is 5.91 Å². The molecule has 0 bridgehead atoms. The summed E-state index contributed by atoms with van der Waals surface area (Å²) in [6, 6.07) is 8.20. The van der Waals surface area contributed by atoms with Crippen LogP contribution in [0.4, 0.5) is 0 Å². The second-order valence-electron chi connectivity index (χ2n) is 5.10. The highest BCUT2D eigenvalue weighted by atomic mass is 16.2. The van der Waals surface area contributed by atoms with E-state index in [4.69, 9.17) is 0 Å². The van der Waals surface area contributed by atoms with Gasteiger partial charge in [-0.3, -0.25) is 4.79 Å². The Hall–Kier alpha value is -1.31. The van der Waals surface area contributed by atoms with Crippen LogP contribution in [0.5, 0.6) is 0 Å². The summed E-state index contributed by atoms with van der Waals surface area (Å²) in [4.78, 5) is 13.9. The largest absolute Gasteiger partial charge is 0.333 e. The van der Waals surface area contributed by atoms with Crippen LogP contribution >= 0.6 is 0 Å². The lowest BCUT2D eigenvalue weighted by Gasteiger charge is -2.39. The summed E-state index contributed by atoms with van der Waals surface area (Å²) in [6.07, 6.45) is 0.549. The number of benzene rings is 1. The zero-order chi connectivity index (χ0) is 11.1. The predicted molar refractivity (Wildman–Crippen MR) is 60.4 cm³/mol. The van der Waals surface area contributed by atoms with Gasteiger partial charge in [0, 0.05) is 12.1 Å². The van der Waals surface area contributed by atoms with E-state index in [-0.39, 0.29) is 11.4 Å². The van der Waals surface area contributed by atoms with Crippen LogP contribution in [0.1, 0.15) is 31.9 Å². The molecule has 2 nitrogen and oxygen atoms in total. The maximum atomic E-state index is 11.9. The fraction of sp³-hybridized carbons (Fsp3) is 0.462. The van der Waals surface area contributed by atoms with Gasteiger partial charge in [-0.05, 0) is 31.9 Å². The third kappa shape index (κ3) is 1.89. The molecule has 0 aliphatic carbocycles. The van der Waals surface area contributed by atoms with E-state index in [0.717, 1.165) is 6.54 Å². The maximum Gasteiger partial charge on any atom is 0.227 e. The second kappa shape index (κ2) is 3.37. The molecule has 0 N–H and O–H groups in total. The summed E-state index contributed by atoms with van der Waals surface area (Å²) < 4.78 is 0. The lowest BCUT2D eigenvalue weighted by Crippen LogP contribution is -2.48. The van der Waals surface area contributed by atoms with Gasteiger partial charge in [0.05, 0.1) is 6.42 Å². The molecule has 0 fully saturated rings. The predicted octanol–water partition coefficient (Wildman–Crippen LogP) is 2.37. The van der Waals surface area contributed by atoms with Crippen molar-refractivity contribution in [1.29, 1.82) is 0 Å².